The van der Waals surface area contributed by atoms with Crippen LogP contribution in [-0.4, -0.2) is 42.4 Å². The maximum Gasteiger partial charge on any atom is 0.269 e. The predicted molar refractivity (Wildman–Crippen MR) is 72.5 cm³/mol. The Morgan fingerprint density at radius 3 is 2.50 bits per heavy atom. The van der Waals surface area contributed by atoms with Gasteiger partial charge < -0.3 is 5.11 Å². The van der Waals surface area contributed by atoms with Crippen molar-refractivity contribution < 1.29 is 18.4 Å². The van der Waals surface area contributed by atoms with Crippen molar-refractivity contribution in [3.05, 3.63) is 39.9 Å². The Balaban J connectivity index is 2.06. The van der Waals surface area contributed by atoms with Crippen molar-refractivity contribution in [2.24, 2.45) is 5.92 Å². The van der Waals surface area contributed by atoms with Crippen molar-refractivity contribution in [3.8, 4) is 0 Å². The number of aliphatic hydroxyl groups is 1. The largest absolute Gasteiger partial charge is 0.396 e. The first kappa shape index (κ1) is 14.9. The lowest BCUT2D eigenvalue weighted by atomic mass is 10.1. The fraction of sp³-hybridized carbons (Fsp3) is 0.500. The number of sulfonamides is 1. The summed E-state index contributed by atoms with van der Waals surface area (Å²) < 4.78 is 25.8. The van der Waals surface area contributed by atoms with Gasteiger partial charge in [0.2, 0.25) is 10.0 Å². The highest BCUT2D eigenvalue weighted by Gasteiger charge is 2.30. The monoisotopic (exact) mass is 300 g/mol. The summed E-state index contributed by atoms with van der Waals surface area (Å²) in [7, 11) is -3.44. The van der Waals surface area contributed by atoms with Crippen molar-refractivity contribution in [2.45, 2.75) is 12.2 Å². The first-order chi connectivity index (χ1) is 9.42. The molecule has 1 aromatic carbocycles. The lowest BCUT2D eigenvalue weighted by molar-refractivity contribution is -0.384. The van der Waals surface area contributed by atoms with E-state index in [4.69, 9.17) is 5.11 Å². The van der Waals surface area contributed by atoms with E-state index in [1.807, 2.05) is 0 Å². The van der Waals surface area contributed by atoms with E-state index >= 15 is 0 Å². The molecule has 0 aromatic heterocycles. The van der Waals surface area contributed by atoms with Crippen molar-refractivity contribution >= 4 is 15.7 Å². The maximum atomic E-state index is 12.2. The molecule has 0 saturated carbocycles. The van der Waals surface area contributed by atoms with Crippen LogP contribution < -0.4 is 0 Å². The lowest BCUT2D eigenvalue weighted by Gasteiger charge is -2.16. The SMILES string of the molecule is O=[N+]([O-])c1ccc(CS(=O)(=O)N2CCC(CO)C2)cc1. The van der Waals surface area contributed by atoms with Crippen LogP contribution >= 0.6 is 0 Å². The number of nitro groups is 1. The van der Waals surface area contributed by atoms with E-state index in [0.29, 0.717) is 25.1 Å². The molecule has 110 valence electrons. The molecule has 8 heteroatoms. The molecule has 1 aliphatic rings. The standard InChI is InChI=1S/C12H16N2O5S/c15-8-11-5-6-13(7-11)20(18,19)9-10-1-3-12(4-2-10)14(16)17/h1-4,11,15H,5-9H2. The van der Waals surface area contributed by atoms with Gasteiger partial charge in [0.25, 0.3) is 5.69 Å². The van der Waals surface area contributed by atoms with Crippen LogP contribution in [0.25, 0.3) is 0 Å². The van der Waals surface area contributed by atoms with E-state index in [1.54, 1.807) is 0 Å². The molecule has 7 nitrogen and oxygen atoms in total. The molecule has 1 atom stereocenters. The third kappa shape index (κ3) is 3.33. The van der Waals surface area contributed by atoms with Gasteiger partial charge in [-0.05, 0) is 17.9 Å². The van der Waals surface area contributed by atoms with Crippen LogP contribution in [0.15, 0.2) is 24.3 Å². The van der Waals surface area contributed by atoms with E-state index in [-0.39, 0.29) is 24.0 Å². The quantitative estimate of drug-likeness (QED) is 0.638. The molecule has 1 unspecified atom stereocenters. The van der Waals surface area contributed by atoms with Crippen LogP contribution in [0.4, 0.5) is 5.69 Å². The number of aliphatic hydroxyl groups excluding tert-OH is 1. The van der Waals surface area contributed by atoms with Gasteiger partial charge in [0.05, 0.1) is 10.7 Å². The Kier molecular flexibility index (Phi) is 4.36. The molecule has 1 heterocycles. The van der Waals surface area contributed by atoms with Crippen molar-refractivity contribution in [1.82, 2.24) is 4.31 Å². The molecule has 0 amide bonds. The number of hydrogen-bond donors (Lipinski definition) is 1. The number of benzene rings is 1. The summed E-state index contributed by atoms with van der Waals surface area (Å²) in [5, 5.41) is 19.6. The van der Waals surface area contributed by atoms with Crippen molar-refractivity contribution in [2.75, 3.05) is 19.7 Å². The van der Waals surface area contributed by atoms with Gasteiger partial charge in [-0.2, -0.15) is 0 Å². The van der Waals surface area contributed by atoms with E-state index in [0.717, 1.165) is 0 Å². The van der Waals surface area contributed by atoms with Crippen LogP contribution in [0.3, 0.4) is 0 Å². The zero-order chi connectivity index (χ0) is 14.8. The zero-order valence-corrected chi connectivity index (χ0v) is 11.6. The smallest absolute Gasteiger partial charge is 0.269 e. The molecular weight excluding hydrogens is 284 g/mol. The molecule has 1 fully saturated rings. The Labute approximate surface area is 117 Å². The Morgan fingerprint density at radius 2 is 2.00 bits per heavy atom. The van der Waals surface area contributed by atoms with Crippen molar-refractivity contribution in [1.29, 1.82) is 0 Å². The van der Waals surface area contributed by atoms with Gasteiger partial charge in [-0.25, -0.2) is 12.7 Å². The fourth-order valence-corrected chi connectivity index (χ4v) is 3.83. The minimum Gasteiger partial charge on any atom is -0.396 e. The highest BCUT2D eigenvalue weighted by molar-refractivity contribution is 7.88. The first-order valence-corrected chi connectivity index (χ1v) is 7.85. The first-order valence-electron chi connectivity index (χ1n) is 6.24. The summed E-state index contributed by atoms with van der Waals surface area (Å²) >= 11 is 0. The van der Waals surface area contributed by atoms with Gasteiger partial charge >= 0.3 is 0 Å². The molecule has 0 radical (unpaired) electrons. The summed E-state index contributed by atoms with van der Waals surface area (Å²) in [4.78, 5) is 10.0. The number of nitro benzene ring substituents is 1. The number of non-ortho nitro benzene ring substituents is 1. The minimum absolute atomic E-state index is 0.00151. The van der Waals surface area contributed by atoms with Gasteiger partial charge in [0.1, 0.15) is 0 Å². The number of nitrogens with zero attached hydrogens (tertiary/aromatic N) is 2. The van der Waals surface area contributed by atoms with Gasteiger partial charge in [-0.1, -0.05) is 12.1 Å². The normalized spacial score (nSPS) is 20.1. The van der Waals surface area contributed by atoms with Crippen LogP contribution in [0.5, 0.6) is 0 Å². The number of hydrogen-bond acceptors (Lipinski definition) is 5. The highest BCUT2D eigenvalue weighted by Crippen LogP contribution is 2.22. The zero-order valence-electron chi connectivity index (χ0n) is 10.8. The Hall–Kier alpha value is -1.51. The third-order valence-corrected chi connectivity index (χ3v) is 5.21. The van der Waals surface area contributed by atoms with Gasteiger partial charge in [-0.3, -0.25) is 10.1 Å². The summed E-state index contributed by atoms with van der Waals surface area (Å²) in [6, 6.07) is 5.50. The second-order valence-corrected chi connectivity index (χ2v) is 6.84. The van der Waals surface area contributed by atoms with Crippen LogP contribution in [-0.2, 0) is 15.8 Å². The lowest BCUT2D eigenvalue weighted by Crippen LogP contribution is -2.30. The van der Waals surface area contributed by atoms with Gasteiger partial charge in [0, 0.05) is 31.8 Å². The summed E-state index contributed by atoms with van der Waals surface area (Å²) in [5.74, 6) is -0.176. The van der Waals surface area contributed by atoms with E-state index in [1.165, 1.54) is 28.6 Å². The van der Waals surface area contributed by atoms with Gasteiger partial charge in [0.15, 0.2) is 0 Å². The molecule has 1 aliphatic heterocycles. The van der Waals surface area contributed by atoms with E-state index in [9.17, 15) is 18.5 Å². The molecule has 1 aromatic rings. The summed E-state index contributed by atoms with van der Waals surface area (Å²) in [6.07, 6.45) is 0.663. The Morgan fingerprint density at radius 1 is 1.35 bits per heavy atom. The summed E-state index contributed by atoms with van der Waals surface area (Å²) in [6.45, 7) is 0.746. The molecule has 20 heavy (non-hydrogen) atoms. The predicted octanol–water partition coefficient (Wildman–Crippen LogP) is 0.739. The van der Waals surface area contributed by atoms with E-state index < -0.39 is 14.9 Å². The second kappa shape index (κ2) is 5.86. The molecule has 2 rings (SSSR count). The van der Waals surface area contributed by atoms with E-state index in [2.05, 4.69) is 0 Å². The van der Waals surface area contributed by atoms with Gasteiger partial charge in [-0.15, -0.1) is 0 Å². The average Bonchev–Trinajstić information content (AvgIpc) is 2.88. The number of rotatable bonds is 5. The minimum atomic E-state index is -3.44. The van der Waals surface area contributed by atoms with Crippen molar-refractivity contribution in [3.63, 3.8) is 0 Å². The Bertz CT molecular complexity index is 584. The molecular formula is C12H16N2O5S. The van der Waals surface area contributed by atoms with Crippen LogP contribution in [0.2, 0.25) is 0 Å². The molecule has 0 bridgehead atoms. The molecule has 1 saturated heterocycles. The fourth-order valence-electron chi connectivity index (χ4n) is 2.21. The summed E-state index contributed by atoms with van der Waals surface area (Å²) in [5.41, 5.74) is 0.454. The third-order valence-electron chi connectivity index (χ3n) is 3.40. The van der Waals surface area contributed by atoms with Crippen LogP contribution in [0.1, 0.15) is 12.0 Å². The topological polar surface area (TPSA) is 101 Å². The molecule has 0 spiro atoms. The molecule has 0 aliphatic carbocycles. The highest BCUT2D eigenvalue weighted by atomic mass is 32.2. The average molecular weight is 300 g/mol. The maximum absolute atomic E-state index is 12.2. The van der Waals surface area contributed by atoms with Crippen LogP contribution in [0, 0.1) is 16.0 Å². The molecule has 1 N–H and O–H groups in total. The second-order valence-electron chi connectivity index (χ2n) is 4.88.